The molecule has 0 fully saturated rings. The zero-order valence-corrected chi connectivity index (χ0v) is 7.23. The molecule has 0 spiro atoms. The standard InChI is InChI=1S/C8H12N4O/c9-2-1-3-12-8(13)7-4-10-6-11-5-7/h4-6H,1-3,9H2,(H,12,13). The van der Waals surface area contributed by atoms with Gasteiger partial charge in [-0.1, -0.05) is 0 Å². The highest BCUT2D eigenvalue weighted by atomic mass is 16.1. The first-order valence-electron chi connectivity index (χ1n) is 4.08. The highest BCUT2D eigenvalue weighted by Gasteiger charge is 2.03. The number of aromatic nitrogens is 2. The quantitative estimate of drug-likeness (QED) is 0.615. The summed E-state index contributed by atoms with van der Waals surface area (Å²) in [6, 6.07) is 0. The van der Waals surface area contributed by atoms with E-state index in [1.54, 1.807) is 0 Å². The van der Waals surface area contributed by atoms with Gasteiger partial charge in [0, 0.05) is 18.9 Å². The van der Waals surface area contributed by atoms with Crippen molar-refractivity contribution in [3.05, 3.63) is 24.3 Å². The molecule has 0 radical (unpaired) electrons. The summed E-state index contributed by atoms with van der Waals surface area (Å²) in [5, 5.41) is 2.70. The fraction of sp³-hybridized carbons (Fsp3) is 0.375. The van der Waals surface area contributed by atoms with Gasteiger partial charge in [0.2, 0.25) is 0 Å². The molecule has 1 rings (SSSR count). The number of hydrogen-bond donors (Lipinski definition) is 2. The minimum atomic E-state index is -0.158. The van der Waals surface area contributed by atoms with Crippen LogP contribution in [-0.4, -0.2) is 29.0 Å². The largest absolute Gasteiger partial charge is 0.352 e. The zero-order valence-electron chi connectivity index (χ0n) is 7.23. The van der Waals surface area contributed by atoms with E-state index in [9.17, 15) is 4.79 Å². The molecule has 0 aliphatic carbocycles. The lowest BCUT2D eigenvalue weighted by Crippen LogP contribution is -2.26. The van der Waals surface area contributed by atoms with E-state index in [-0.39, 0.29) is 5.91 Å². The van der Waals surface area contributed by atoms with E-state index in [4.69, 9.17) is 5.73 Å². The monoisotopic (exact) mass is 180 g/mol. The molecule has 70 valence electrons. The molecule has 1 aromatic heterocycles. The number of rotatable bonds is 4. The predicted molar refractivity (Wildman–Crippen MR) is 48.0 cm³/mol. The maximum absolute atomic E-state index is 11.3. The van der Waals surface area contributed by atoms with Crippen molar-refractivity contribution in [2.24, 2.45) is 5.73 Å². The summed E-state index contributed by atoms with van der Waals surface area (Å²) in [6.45, 7) is 1.16. The fourth-order valence-electron chi connectivity index (χ4n) is 0.822. The maximum atomic E-state index is 11.3. The van der Waals surface area contributed by atoms with Crippen LogP contribution in [0.4, 0.5) is 0 Å². The molecule has 5 heteroatoms. The number of nitrogens with two attached hydrogens (primary N) is 1. The van der Waals surface area contributed by atoms with Crippen molar-refractivity contribution in [2.75, 3.05) is 13.1 Å². The van der Waals surface area contributed by atoms with Gasteiger partial charge >= 0.3 is 0 Å². The Bertz CT molecular complexity index is 262. The lowest BCUT2D eigenvalue weighted by Gasteiger charge is -2.02. The van der Waals surface area contributed by atoms with Crippen molar-refractivity contribution in [3.8, 4) is 0 Å². The molecule has 0 unspecified atom stereocenters. The minimum Gasteiger partial charge on any atom is -0.352 e. The van der Waals surface area contributed by atoms with E-state index < -0.39 is 0 Å². The van der Waals surface area contributed by atoms with Crippen molar-refractivity contribution in [3.63, 3.8) is 0 Å². The first-order chi connectivity index (χ1) is 6.34. The van der Waals surface area contributed by atoms with E-state index in [0.717, 1.165) is 6.42 Å². The summed E-state index contributed by atoms with van der Waals surface area (Å²) < 4.78 is 0. The maximum Gasteiger partial charge on any atom is 0.254 e. The smallest absolute Gasteiger partial charge is 0.254 e. The van der Waals surface area contributed by atoms with Crippen LogP contribution >= 0.6 is 0 Å². The van der Waals surface area contributed by atoms with Gasteiger partial charge in [-0.3, -0.25) is 4.79 Å². The molecule has 1 heterocycles. The van der Waals surface area contributed by atoms with Crippen molar-refractivity contribution in [2.45, 2.75) is 6.42 Å². The van der Waals surface area contributed by atoms with Crippen LogP contribution in [0.2, 0.25) is 0 Å². The fourth-order valence-corrected chi connectivity index (χ4v) is 0.822. The molecule has 1 aromatic rings. The third-order valence-corrected chi connectivity index (χ3v) is 1.49. The van der Waals surface area contributed by atoms with Crippen molar-refractivity contribution in [1.29, 1.82) is 0 Å². The minimum absolute atomic E-state index is 0.158. The molecule has 0 saturated carbocycles. The van der Waals surface area contributed by atoms with Gasteiger partial charge in [0.1, 0.15) is 6.33 Å². The lowest BCUT2D eigenvalue weighted by molar-refractivity contribution is 0.0952. The summed E-state index contributed by atoms with van der Waals surface area (Å²) in [5.74, 6) is -0.158. The number of carbonyl (C=O) groups is 1. The molecular formula is C8H12N4O. The van der Waals surface area contributed by atoms with Crippen LogP contribution in [0, 0.1) is 0 Å². The second-order valence-corrected chi connectivity index (χ2v) is 2.53. The molecular weight excluding hydrogens is 168 g/mol. The SMILES string of the molecule is NCCCNC(=O)c1cncnc1. The van der Waals surface area contributed by atoms with Crippen molar-refractivity contribution < 1.29 is 4.79 Å². The van der Waals surface area contributed by atoms with Crippen LogP contribution in [0.1, 0.15) is 16.8 Å². The second-order valence-electron chi connectivity index (χ2n) is 2.53. The first-order valence-corrected chi connectivity index (χ1v) is 4.08. The first kappa shape index (κ1) is 9.60. The Morgan fingerprint density at radius 3 is 2.77 bits per heavy atom. The van der Waals surface area contributed by atoms with Gasteiger partial charge in [-0.2, -0.15) is 0 Å². The third kappa shape index (κ3) is 3.16. The van der Waals surface area contributed by atoms with E-state index in [0.29, 0.717) is 18.7 Å². The Labute approximate surface area is 76.4 Å². The topological polar surface area (TPSA) is 80.9 Å². The number of carbonyl (C=O) groups excluding carboxylic acids is 1. The number of amides is 1. The molecule has 5 nitrogen and oxygen atoms in total. The van der Waals surface area contributed by atoms with Crippen LogP contribution < -0.4 is 11.1 Å². The average Bonchev–Trinajstić information content (AvgIpc) is 2.19. The molecule has 0 atom stereocenters. The Morgan fingerprint density at radius 2 is 2.15 bits per heavy atom. The van der Waals surface area contributed by atoms with E-state index in [2.05, 4.69) is 15.3 Å². The van der Waals surface area contributed by atoms with Gasteiger partial charge in [0.15, 0.2) is 0 Å². The molecule has 0 saturated heterocycles. The number of hydrogen-bond acceptors (Lipinski definition) is 4. The summed E-state index contributed by atoms with van der Waals surface area (Å²) >= 11 is 0. The number of nitrogens with one attached hydrogen (secondary N) is 1. The molecule has 0 aliphatic heterocycles. The van der Waals surface area contributed by atoms with E-state index >= 15 is 0 Å². The molecule has 3 N–H and O–H groups in total. The van der Waals surface area contributed by atoms with Crippen LogP contribution in [0.3, 0.4) is 0 Å². The number of nitrogens with zero attached hydrogens (tertiary/aromatic N) is 2. The summed E-state index contributed by atoms with van der Waals surface area (Å²) in [4.78, 5) is 18.8. The van der Waals surface area contributed by atoms with Crippen LogP contribution in [0.5, 0.6) is 0 Å². The van der Waals surface area contributed by atoms with Crippen LogP contribution in [-0.2, 0) is 0 Å². The van der Waals surface area contributed by atoms with E-state index in [1.807, 2.05) is 0 Å². The zero-order chi connectivity index (χ0) is 9.52. The Hall–Kier alpha value is -1.49. The second kappa shape index (κ2) is 5.21. The van der Waals surface area contributed by atoms with Crippen molar-refractivity contribution >= 4 is 5.91 Å². The Morgan fingerprint density at radius 1 is 1.46 bits per heavy atom. The Kier molecular flexibility index (Phi) is 3.84. The van der Waals surface area contributed by atoms with Gasteiger partial charge in [-0.05, 0) is 13.0 Å². The predicted octanol–water partition coefficient (Wildman–Crippen LogP) is -0.445. The molecule has 0 aliphatic rings. The van der Waals surface area contributed by atoms with Gasteiger partial charge < -0.3 is 11.1 Å². The summed E-state index contributed by atoms with van der Waals surface area (Å²) in [6.07, 6.45) is 5.12. The Balaban J connectivity index is 2.40. The highest BCUT2D eigenvalue weighted by molar-refractivity contribution is 5.93. The van der Waals surface area contributed by atoms with Crippen LogP contribution in [0.25, 0.3) is 0 Å². The van der Waals surface area contributed by atoms with Gasteiger partial charge in [-0.15, -0.1) is 0 Å². The lowest BCUT2D eigenvalue weighted by atomic mass is 10.3. The van der Waals surface area contributed by atoms with Gasteiger partial charge in [0.25, 0.3) is 5.91 Å². The van der Waals surface area contributed by atoms with Gasteiger partial charge in [-0.25, -0.2) is 9.97 Å². The van der Waals surface area contributed by atoms with Crippen molar-refractivity contribution in [1.82, 2.24) is 15.3 Å². The molecule has 1 amide bonds. The van der Waals surface area contributed by atoms with Gasteiger partial charge in [0.05, 0.1) is 5.56 Å². The molecule has 0 aromatic carbocycles. The summed E-state index contributed by atoms with van der Waals surface area (Å²) in [7, 11) is 0. The molecule has 13 heavy (non-hydrogen) atoms. The average molecular weight is 180 g/mol. The molecule has 0 bridgehead atoms. The highest BCUT2D eigenvalue weighted by Crippen LogP contribution is 1.91. The summed E-state index contributed by atoms with van der Waals surface area (Å²) in [5.41, 5.74) is 5.75. The third-order valence-electron chi connectivity index (χ3n) is 1.49. The van der Waals surface area contributed by atoms with Crippen LogP contribution in [0.15, 0.2) is 18.7 Å². The van der Waals surface area contributed by atoms with E-state index in [1.165, 1.54) is 18.7 Å². The normalized spacial score (nSPS) is 9.62.